The van der Waals surface area contributed by atoms with Crippen molar-refractivity contribution >= 4 is 11.9 Å². The van der Waals surface area contributed by atoms with Crippen molar-refractivity contribution in [3.05, 3.63) is 0 Å². The van der Waals surface area contributed by atoms with Crippen LogP contribution < -0.4 is 5.32 Å². The van der Waals surface area contributed by atoms with E-state index in [0.717, 1.165) is 32.1 Å². The van der Waals surface area contributed by atoms with Crippen LogP contribution in [0.1, 0.15) is 45.4 Å². The molecule has 3 atom stereocenters. The zero-order valence-corrected chi connectivity index (χ0v) is 13.9. The molecule has 5 nitrogen and oxygen atoms in total. The molecule has 0 aromatic carbocycles. The molecule has 2 aliphatic rings. The van der Waals surface area contributed by atoms with E-state index in [4.69, 9.17) is 9.47 Å². The molecule has 0 saturated heterocycles. The van der Waals surface area contributed by atoms with E-state index >= 15 is 0 Å². The van der Waals surface area contributed by atoms with Gasteiger partial charge in [0.05, 0.1) is 13.2 Å². The Labute approximate surface area is 138 Å². The number of ether oxygens (including phenoxy) is 2. The molecule has 0 radical (unpaired) electrons. The quantitative estimate of drug-likeness (QED) is 0.523. The molecule has 1 fully saturated rings. The molecule has 0 heterocycles. The van der Waals surface area contributed by atoms with E-state index in [0.29, 0.717) is 50.5 Å². The first-order valence-corrected chi connectivity index (χ1v) is 8.62. The third-order valence-corrected chi connectivity index (χ3v) is 4.58. The van der Waals surface area contributed by atoms with Crippen LogP contribution in [0.15, 0.2) is 0 Å². The highest BCUT2D eigenvalue weighted by molar-refractivity contribution is 5.75. The predicted molar refractivity (Wildman–Crippen MR) is 86.8 cm³/mol. The number of hydrogen-bond donors (Lipinski definition) is 1. The van der Waals surface area contributed by atoms with Crippen LogP contribution in [0.3, 0.4) is 0 Å². The minimum atomic E-state index is -0.343. The number of hydrogen-bond acceptors (Lipinski definition) is 4. The Morgan fingerprint density at radius 1 is 1.13 bits per heavy atom. The lowest BCUT2D eigenvalue weighted by Gasteiger charge is -2.07. The van der Waals surface area contributed by atoms with E-state index in [-0.39, 0.29) is 11.9 Å². The topological polar surface area (TPSA) is 64.6 Å². The van der Waals surface area contributed by atoms with Crippen LogP contribution >= 0.6 is 0 Å². The van der Waals surface area contributed by atoms with Gasteiger partial charge in [0.2, 0.25) is 0 Å². The number of rotatable bonds is 9. The largest absolute Gasteiger partial charge is 0.449 e. The average Bonchev–Trinajstić information content (AvgIpc) is 3.13. The molecule has 1 amide bonds. The molecule has 0 bridgehead atoms. The highest BCUT2D eigenvalue weighted by Gasteiger charge is 2.49. The van der Waals surface area contributed by atoms with E-state index < -0.39 is 0 Å². The number of fused-ring (bicyclic) bond motifs is 1. The van der Waals surface area contributed by atoms with Gasteiger partial charge in [-0.3, -0.25) is 4.79 Å². The standard InChI is InChI=1S/C18H27NO4/c1-14(20)9-12-22-11-6-10-19-18(21)23-13-17-15-7-4-2-3-5-8-16(15)17/h15-17H,4-13H2,1H3,(H,19,21)/t15-,16+,17?. The average molecular weight is 321 g/mol. The van der Waals surface area contributed by atoms with Gasteiger partial charge < -0.3 is 14.8 Å². The maximum atomic E-state index is 11.7. The van der Waals surface area contributed by atoms with Crippen molar-refractivity contribution in [1.29, 1.82) is 0 Å². The van der Waals surface area contributed by atoms with Gasteiger partial charge in [-0.25, -0.2) is 4.79 Å². The lowest BCUT2D eigenvalue weighted by molar-refractivity contribution is -0.118. The zero-order chi connectivity index (χ0) is 16.5. The molecule has 128 valence electrons. The highest BCUT2D eigenvalue weighted by atomic mass is 16.5. The SMILES string of the molecule is CC(=O)CCOCCCNC(=O)OCC1[C@H]2CCC#CCC[C@@H]12. The van der Waals surface area contributed by atoms with Crippen molar-refractivity contribution < 1.29 is 19.1 Å². The summed E-state index contributed by atoms with van der Waals surface area (Å²) in [7, 11) is 0. The van der Waals surface area contributed by atoms with Crippen molar-refractivity contribution in [2.45, 2.75) is 45.4 Å². The Hall–Kier alpha value is -1.54. The van der Waals surface area contributed by atoms with Crippen molar-refractivity contribution in [2.75, 3.05) is 26.4 Å². The van der Waals surface area contributed by atoms with Crippen molar-refractivity contribution in [1.82, 2.24) is 5.32 Å². The molecule has 2 aliphatic carbocycles. The van der Waals surface area contributed by atoms with Gasteiger partial charge in [-0.1, -0.05) is 0 Å². The normalized spacial score (nSPS) is 25.2. The lowest BCUT2D eigenvalue weighted by atomic mass is 10.1. The fraction of sp³-hybridized carbons (Fsp3) is 0.778. The maximum absolute atomic E-state index is 11.7. The van der Waals surface area contributed by atoms with Gasteiger partial charge in [0.15, 0.2) is 0 Å². The number of nitrogens with one attached hydrogen (secondary N) is 1. The number of alkyl carbamates (subject to hydrolysis) is 1. The molecular weight excluding hydrogens is 294 g/mol. The summed E-state index contributed by atoms with van der Waals surface area (Å²) >= 11 is 0. The van der Waals surface area contributed by atoms with Crippen LogP contribution in [0.4, 0.5) is 4.79 Å². The van der Waals surface area contributed by atoms with E-state index in [1.807, 2.05) is 0 Å². The molecule has 0 spiro atoms. The van der Waals surface area contributed by atoms with Crippen LogP contribution in [0.5, 0.6) is 0 Å². The minimum absolute atomic E-state index is 0.130. The molecule has 1 saturated carbocycles. The Morgan fingerprint density at radius 3 is 2.48 bits per heavy atom. The van der Waals surface area contributed by atoms with Crippen LogP contribution in [0.25, 0.3) is 0 Å². The molecule has 1 unspecified atom stereocenters. The van der Waals surface area contributed by atoms with Gasteiger partial charge in [0.25, 0.3) is 0 Å². The van der Waals surface area contributed by atoms with Gasteiger partial charge >= 0.3 is 6.09 Å². The number of ketones is 1. The minimum Gasteiger partial charge on any atom is -0.449 e. The molecule has 0 aliphatic heterocycles. The van der Waals surface area contributed by atoms with Gasteiger partial charge in [-0.05, 0) is 43.9 Å². The van der Waals surface area contributed by atoms with E-state index in [2.05, 4.69) is 17.2 Å². The summed E-state index contributed by atoms with van der Waals surface area (Å²) in [6, 6.07) is 0. The molecule has 1 N–H and O–H groups in total. The van der Waals surface area contributed by atoms with Gasteiger partial charge in [-0.2, -0.15) is 0 Å². The molecule has 2 rings (SSSR count). The first-order valence-electron chi connectivity index (χ1n) is 8.62. The second kappa shape index (κ2) is 9.57. The van der Waals surface area contributed by atoms with Crippen molar-refractivity contribution in [3.63, 3.8) is 0 Å². The van der Waals surface area contributed by atoms with Crippen molar-refractivity contribution in [3.8, 4) is 11.8 Å². The summed E-state index contributed by atoms with van der Waals surface area (Å²) < 4.78 is 10.6. The number of carbonyl (C=O) groups excluding carboxylic acids is 2. The van der Waals surface area contributed by atoms with Gasteiger partial charge in [-0.15, -0.1) is 11.8 Å². The Bertz CT molecular complexity index is 447. The summed E-state index contributed by atoms with van der Waals surface area (Å²) in [5.74, 6) is 8.43. The van der Waals surface area contributed by atoms with Crippen molar-refractivity contribution in [2.24, 2.45) is 17.8 Å². The van der Waals surface area contributed by atoms with E-state index in [1.165, 1.54) is 0 Å². The summed E-state index contributed by atoms with van der Waals surface area (Å²) in [5, 5.41) is 2.74. The Kier molecular flexibility index (Phi) is 7.41. The second-order valence-corrected chi connectivity index (χ2v) is 6.37. The van der Waals surface area contributed by atoms with Gasteiger partial charge in [0, 0.05) is 32.4 Å². The van der Waals surface area contributed by atoms with Crippen LogP contribution in [-0.2, 0) is 14.3 Å². The first-order chi connectivity index (χ1) is 11.2. The predicted octanol–water partition coefficient (Wildman–Crippen LogP) is 2.54. The fourth-order valence-electron chi connectivity index (χ4n) is 3.19. The maximum Gasteiger partial charge on any atom is 0.407 e. The van der Waals surface area contributed by atoms with E-state index in [9.17, 15) is 9.59 Å². The monoisotopic (exact) mass is 321 g/mol. The van der Waals surface area contributed by atoms with E-state index in [1.54, 1.807) is 6.92 Å². The third-order valence-electron chi connectivity index (χ3n) is 4.58. The summed E-state index contributed by atoms with van der Waals surface area (Å²) in [6.45, 7) is 3.60. The third kappa shape index (κ3) is 6.62. The van der Waals surface area contributed by atoms with Crippen LogP contribution in [0, 0.1) is 29.6 Å². The fourth-order valence-corrected chi connectivity index (χ4v) is 3.19. The molecule has 23 heavy (non-hydrogen) atoms. The lowest BCUT2D eigenvalue weighted by Crippen LogP contribution is -2.27. The zero-order valence-electron chi connectivity index (χ0n) is 13.9. The molecular formula is C18H27NO4. The number of Topliss-reactive ketones (excluding diaryl/α,β-unsaturated/α-hetero) is 1. The summed E-state index contributed by atoms with van der Waals surface area (Å²) in [6.07, 6.45) is 5.07. The number of amides is 1. The summed E-state index contributed by atoms with van der Waals surface area (Å²) in [5.41, 5.74) is 0. The molecule has 5 heteroatoms. The highest BCUT2D eigenvalue weighted by Crippen LogP contribution is 2.52. The number of carbonyl (C=O) groups is 2. The Morgan fingerprint density at radius 2 is 1.83 bits per heavy atom. The Balaban J connectivity index is 1.46. The van der Waals surface area contributed by atoms with Crippen LogP contribution in [-0.4, -0.2) is 38.2 Å². The summed E-state index contributed by atoms with van der Waals surface area (Å²) in [4.78, 5) is 22.4. The molecule has 0 aromatic heterocycles. The molecule has 0 aromatic rings. The second-order valence-electron chi connectivity index (χ2n) is 6.37. The van der Waals surface area contributed by atoms with Crippen LogP contribution in [0.2, 0.25) is 0 Å². The van der Waals surface area contributed by atoms with Gasteiger partial charge in [0.1, 0.15) is 5.78 Å². The smallest absolute Gasteiger partial charge is 0.407 e. The first kappa shape index (κ1) is 17.8.